The van der Waals surface area contributed by atoms with Crippen LogP contribution in [0.1, 0.15) is 6.42 Å². The third kappa shape index (κ3) is 5.33. The Balaban J connectivity index is 1.61. The second kappa shape index (κ2) is 9.96. The summed E-state index contributed by atoms with van der Waals surface area (Å²) in [6.45, 7) is 0.626. The van der Waals surface area contributed by atoms with E-state index in [-0.39, 0.29) is 6.61 Å². The molecule has 0 amide bonds. The molecule has 0 aliphatic carbocycles. The van der Waals surface area contributed by atoms with Gasteiger partial charge in [0.2, 0.25) is 0 Å². The van der Waals surface area contributed by atoms with Crippen LogP contribution in [-0.4, -0.2) is 42.6 Å². The molecule has 0 aliphatic rings. The van der Waals surface area contributed by atoms with E-state index >= 15 is 0 Å². The molecule has 0 fully saturated rings. The number of aliphatic hydroxyl groups is 1. The Morgan fingerprint density at radius 3 is 2.58 bits per heavy atom. The Kier molecular flexibility index (Phi) is 6.65. The van der Waals surface area contributed by atoms with Gasteiger partial charge >= 0.3 is 0 Å². The van der Waals surface area contributed by atoms with Crippen molar-refractivity contribution in [3.8, 4) is 11.3 Å². The first kappa shape index (κ1) is 20.7. The second-order valence-corrected chi connectivity index (χ2v) is 8.17. The van der Waals surface area contributed by atoms with Gasteiger partial charge in [-0.15, -0.1) is 0 Å². The lowest BCUT2D eigenvalue weighted by Gasteiger charge is -2.11. The third-order valence-corrected chi connectivity index (χ3v) is 5.75. The molecule has 3 aromatic heterocycles. The number of hydrogen-bond donors (Lipinski definition) is 4. The molecule has 1 unspecified atom stereocenters. The number of hydrogen-bond acceptors (Lipinski definition) is 7. The molecule has 8 nitrogen and oxygen atoms in total. The molecule has 4 aromatic rings. The maximum atomic E-state index is 13.0. The normalized spacial score (nSPS) is 11.8. The first-order valence-electron chi connectivity index (χ1n) is 9.79. The molecule has 1 aromatic carbocycles. The molecule has 9 heteroatoms. The lowest BCUT2D eigenvalue weighted by molar-refractivity contribution is 0.292. The highest BCUT2D eigenvalue weighted by Crippen LogP contribution is 2.25. The summed E-state index contributed by atoms with van der Waals surface area (Å²) in [7, 11) is -1.42. The molecule has 158 valence electrons. The van der Waals surface area contributed by atoms with Gasteiger partial charge in [0.15, 0.2) is 5.82 Å². The van der Waals surface area contributed by atoms with Crippen LogP contribution in [0.15, 0.2) is 82.8 Å². The Morgan fingerprint density at radius 2 is 1.81 bits per heavy atom. The minimum Gasteiger partial charge on any atom is -0.396 e. The topological polar surface area (TPSA) is 116 Å². The van der Waals surface area contributed by atoms with Gasteiger partial charge in [-0.2, -0.15) is 5.10 Å². The number of pyridine rings is 2. The van der Waals surface area contributed by atoms with Crippen LogP contribution in [0.3, 0.4) is 0 Å². The Labute approximate surface area is 182 Å². The number of H-pyrrole nitrogens is 1. The predicted octanol–water partition coefficient (Wildman–Crippen LogP) is 3.57. The zero-order valence-corrected chi connectivity index (χ0v) is 17.5. The lowest BCUT2D eigenvalue weighted by Crippen LogP contribution is -2.07. The molecule has 1 atom stereocenters. The van der Waals surface area contributed by atoms with Crippen LogP contribution in [-0.2, 0) is 10.8 Å². The van der Waals surface area contributed by atoms with Gasteiger partial charge in [0.05, 0.1) is 26.3 Å². The van der Waals surface area contributed by atoms with Crippen LogP contribution in [0.5, 0.6) is 0 Å². The Morgan fingerprint density at radius 1 is 0.968 bits per heavy atom. The number of aromatic amines is 1. The van der Waals surface area contributed by atoms with Gasteiger partial charge in [0.1, 0.15) is 11.6 Å². The fourth-order valence-electron chi connectivity index (χ4n) is 2.94. The summed E-state index contributed by atoms with van der Waals surface area (Å²) in [5.41, 5.74) is 1.90. The SMILES string of the molecule is O=S(c1cccnc1)c1cc(NCCCO)nc(Nc2cc(-c3ccccc3)[nH]n2)c1. The van der Waals surface area contributed by atoms with E-state index in [4.69, 9.17) is 5.11 Å². The van der Waals surface area contributed by atoms with Gasteiger partial charge in [-0.3, -0.25) is 10.1 Å². The average molecular weight is 435 g/mol. The number of aliphatic hydroxyl groups excluding tert-OH is 1. The van der Waals surface area contributed by atoms with Gasteiger partial charge in [0, 0.05) is 31.6 Å². The summed E-state index contributed by atoms with van der Waals surface area (Å²) in [5.74, 6) is 1.66. The standard InChI is InChI=1S/C22H22N6O2S/c29-11-5-10-24-20-12-18(31(30)17-8-4-9-23-15-17)13-21(25-20)26-22-14-19(27-28-22)16-6-2-1-3-7-16/h1-4,6-9,12-15,29H,5,10-11H2,(H3,24,25,26,27,28). The summed E-state index contributed by atoms with van der Waals surface area (Å²) >= 11 is 0. The third-order valence-electron chi connectivity index (χ3n) is 4.42. The van der Waals surface area contributed by atoms with E-state index in [2.05, 4.69) is 30.8 Å². The summed E-state index contributed by atoms with van der Waals surface area (Å²) in [4.78, 5) is 9.79. The average Bonchev–Trinajstić information content (AvgIpc) is 3.28. The van der Waals surface area contributed by atoms with Crippen LogP contribution >= 0.6 is 0 Å². The van der Waals surface area contributed by atoms with E-state index in [0.29, 0.717) is 40.2 Å². The quantitative estimate of drug-likeness (QED) is 0.298. The maximum Gasteiger partial charge on any atom is 0.153 e. The first-order chi connectivity index (χ1) is 15.2. The van der Waals surface area contributed by atoms with Crippen molar-refractivity contribution in [3.05, 3.63) is 73.1 Å². The van der Waals surface area contributed by atoms with Gasteiger partial charge in [-0.05, 0) is 36.2 Å². The van der Waals surface area contributed by atoms with E-state index in [1.807, 2.05) is 36.4 Å². The maximum absolute atomic E-state index is 13.0. The second-order valence-electron chi connectivity index (χ2n) is 6.69. The van der Waals surface area contributed by atoms with Crippen molar-refractivity contribution in [3.63, 3.8) is 0 Å². The first-order valence-corrected chi connectivity index (χ1v) is 10.9. The fraction of sp³-hybridized carbons (Fsp3) is 0.136. The highest BCUT2D eigenvalue weighted by molar-refractivity contribution is 7.85. The highest BCUT2D eigenvalue weighted by atomic mass is 32.2. The van der Waals surface area contributed by atoms with Gasteiger partial charge in [-0.1, -0.05) is 30.3 Å². The Hall–Kier alpha value is -3.56. The molecule has 4 rings (SSSR count). The van der Waals surface area contributed by atoms with E-state index in [1.165, 1.54) is 0 Å². The molecule has 31 heavy (non-hydrogen) atoms. The minimum atomic E-state index is -1.42. The van der Waals surface area contributed by atoms with Crippen molar-refractivity contribution < 1.29 is 9.32 Å². The molecule has 0 bridgehead atoms. The van der Waals surface area contributed by atoms with Crippen LogP contribution < -0.4 is 10.6 Å². The van der Waals surface area contributed by atoms with E-state index in [9.17, 15) is 4.21 Å². The van der Waals surface area contributed by atoms with E-state index in [1.54, 1.807) is 36.7 Å². The number of benzene rings is 1. The van der Waals surface area contributed by atoms with Crippen LogP contribution in [0.25, 0.3) is 11.3 Å². The van der Waals surface area contributed by atoms with Crippen molar-refractivity contribution in [1.29, 1.82) is 0 Å². The lowest BCUT2D eigenvalue weighted by atomic mass is 10.2. The molecule has 0 spiro atoms. The van der Waals surface area contributed by atoms with E-state index in [0.717, 1.165) is 11.3 Å². The van der Waals surface area contributed by atoms with Crippen molar-refractivity contribution in [2.75, 3.05) is 23.8 Å². The monoisotopic (exact) mass is 434 g/mol. The van der Waals surface area contributed by atoms with Gasteiger partial charge < -0.3 is 15.7 Å². The fourth-order valence-corrected chi connectivity index (χ4v) is 4.01. The summed E-state index contributed by atoms with van der Waals surface area (Å²) in [6.07, 6.45) is 3.81. The van der Waals surface area contributed by atoms with Crippen LogP contribution in [0.4, 0.5) is 17.5 Å². The van der Waals surface area contributed by atoms with Crippen molar-refractivity contribution in [2.24, 2.45) is 0 Å². The smallest absolute Gasteiger partial charge is 0.153 e. The molecule has 0 radical (unpaired) electrons. The highest BCUT2D eigenvalue weighted by Gasteiger charge is 2.13. The molecule has 0 aliphatic heterocycles. The van der Waals surface area contributed by atoms with Crippen molar-refractivity contribution in [2.45, 2.75) is 16.2 Å². The van der Waals surface area contributed by atoms with Crippen LogP contribution in [0, 0.1) is 0 Å². The number of aromatic nitrogens is 4. The van der Waals surface area contributed by atoms with Crippen LogP contribution in [0.2, 0.25) is 0 Å². The van der Waals surface area contributed by atoms with Crippen molar-refractivity contribution in [1.82, 2.24) is 20.2 Å². The number of nitrogens with zero attached hydrogens (tertiary/aromatic N) is 3. The molecular weight excluding hydrogens is 412 g/mol. The van der Waals surface area contributed by atoms with Crippen molar-refractivity contribution >= 4 is 28.3 Å². The minimum absolute atomic E-state index is 0.0783. The number of rotatable bonds is 9. The van der Waals surface area contributed by atoms with Gasteiger partial charge in [0.25, 0.3) is 0 Å². The summed E-state index contributed by atoms with van der Waals surface area (Å²) in [6, 6.07) is 18.8. The zero-order chi connectivity index (χ0) is 21.5. The molecule has 0 saturated heterocycles. The molecule has 0 saturated carbocycles. The summed E-state index contributed by atoms with van der Waals surface area (Å²) < 4.78 is 13.0. The zero-order valence-electron chi connectivity index (χ0n) is 16.7. The number of nitrogens with one attached hydrogen (secondary N) is 3. The largest absolute Gasteiger partial charge is 0.396 e. The van der Waals surface area contributed by atoms with Gasteiger partial charge in [-0.25, -0.2) is 9.19 Å². The number of anilines is 3. The molecule has 4 N–H and O–H groups in total. The molecular formula is C22H22N6O2S. The van der Waals surface area contributed by atoms with E-state index < -0.39 is 10.8 Å². The molecule has 3 heterocycles. The predicted molar refractivity (Wildman–Crippen MR) is 121 cm³/mol. The summed E-state index contributed by atoms with van der Waals surface area (Å²) in [5, 5.41) is 22.7. The Bertz CT molecular complexity index is 1150.